The van der Waals surface area contributed by atoms with Gasteiger partial charge in [-0.05, 0) is 41.0 Å². The predicted octanol–water partition coefficient (Wildman–Crippen LogP) is 2.63. The summed E-state index contributed by atoms with van der Waals surface area (Å²) in [5, 5.41) is 11.0. The van der Waals surface area contributed by atoms with Gasteiger partial charge in [0.05, 0.1) is 0 Å². The fraction of sp³-hybridized carbons (Fsp3) is 0.0526. The van der Waals surface area contributed by atoms with E-state index in [0.29, 0.717) is 11.1 Å². The van der Waals surface area contributed by atoms with Crippen LogP contribution in [0.4, 0.5) is 4.39 Å². The van der Waals surface area contributed by atoms with E-state index >= 15 is 0 Å². The number of carbonyl (C=O) groups is 2. The van der Waals surface area contributed by atoms with E-state index in [4.69, 9.17) is 5.21 Å². The number of rotatable bonds is 5. The highest BCUT2D eigenvalue weighted by atomic mass is 19.1. The van der Waals surface area contributed by atoms with Crippen LogP contribution >= 0.6 is 0 Å². The zero-order chi connectivity index (χ0) is 18.2. The van der Waals surface area contributed by atoms with Crippen LogP contribution in [0.15, 0.2) is 54.6 Å². The van der Waals surface area contributed by atoms with E-state index in [1.54, 1.807) is 48.6 Å². The molecule has 2 aromatic rings. The molecule has 128 valence electrons. The lowest BCUT2D eigenvalue weighted by Gasteiger charge is -2.07. The fourth-order valence-corrected chi connectivity index (χ4v) is 2.12. The van der Waals surface area contributed by atoms with Gasteiger partial charge in [-0.2, -0.15) is 0 Å². The van der Waals surface area contributed by atoms with Crippen molar-refractivity contribution in [3.8, 4) is 0 Å². The number of likely N-dealkylation sites (N-methyl/N-ethyl adjacent to an activating group) is 1. The highest BCUT2D eigenvalue weighted by Crippen LogP contribution is 2.19. The summed E-state index contributed by atoms with van der Waals surface area (Å²) >= 11 is 0. The average molecular weight is 340 g/mol. The Labute approximate surface area is 144 Å². The minimum atomic E-state index is -0.623. The molecule has 0 aliphatic rings. The fourth-order valence-electron chi connectivity index (χ4n) is 2.12. The third kappa shape index (κ3) is 5.12. The molecule has 3 N–H and O–H groups in total. The Bertz CT molecular complexity index is 810. The summed E-state index contributed by atoms with van der Waals surface area (Å²) in [5.74, 6) is -1.28. The van der Waals surface area contributed by atoms with Crippen LogP contribution in [0.5, 0.6) is 0 Å². The summed E-state index contributed by atoms with van der Waals surface area (Å²) in [6.45, 7) is 0. The molecule has 25 heavy (non-hydrogen) atoms. The molecule has 0 bridgehead atoms. The van der Waals surface area contributed by atoms with Crippen molar-refractivity contribution in [1.82, 2.24) is 10.8 Å². The van der Waals surface area contributed by atoms with E-state index in [1.807, 2.05) is 0 Å². The number of benzene rings is 2. The SMILES string of the molecule is CNC(=O)C(=Cc1ccc(C=CC(=O)NO)cc1)c1ccc(F)cc1. The van der Waals surface area contributed by atoms with Crippen molar-refractivity contribution in [2.24, 2.45) is 0 Å². The molecule has 0 saturated heterocycles. The Hall–Kier alpha value is -3.25. The molecule has 0 unspecified atom stereocenters. The van der Waals surface area contributed by atoms with Crippen LogP contribution < -0.4 is 10.8 Å². The van der Waals surface area contributed by atoms with E-state index in [0.717, 1.165) is 11.1 Å². The molecule has 0 aliphatic carbocycles. The number of hydroxylamine groups is 1. The minimum absolute atomic E-state index is 0.282. The normalized spacial score (nSPS) is 11.4. The zero-order valence-electron chi connectivity index (χ0n) is 13.5. The molecule has 2 aromatic carbocycles. The molecule has 0 radical (unpaired) electrons. The van der Waals surface area contributed by atoms with Gasteiger partial charge in [0.1, 0.15) is 5.82 Å². The van der Waals surface area contributed by atoms with E-state index in [9.17, 15) is 14.0 Å². The van der Waals surface area contributed by atoms with Crippen molar-refractivity contribution < 1.29 is 19.2 Å². The highest BCUT2D eigenvalue weighted by Gasteiger charge is 2.10. The lowest BCUT2D eigenvalue weighted by molar-refractivity contribution is -0.124. The largest absolute Gasteiger partial charge is 0.355 e. The smallest absolute Gasteiger partial charge is 0.267 e. The van der Waals surface area contributed by atoms with Gasteiger partial charge in [-0.3, -0.25) is 14.8 Å². The first kappa shape index (κ1) is 18.1. The van der Waals surface area contributed by atoms with Crippen molar-refractivity contribution in [1.29, 1.82) is 0 Å². The van der Waals surface area contributed by atoms with Gasteiger partial charge in [-0.15, -0.1) is 0 Å². The predicted molar refractivity (Wildman–Crippen MR) is 93.7 cm³/mol. The van der Waals surface area contributed by atoms with Crippen molar-refractivity contribution in [3.63, 3.8) is 0 Å². The number of nitrogens with one attached hydrogen (secondary N) is 2. The quantitative estimate of drug-likeness (QED) is 0.339. The van der Waals surface area contributed by atoms with Gasteiger partial charge in [0.15, 0.2) is 0 Å². The Morgan fingerprint density at radius 2 is 1.60 bits per heavy atom. The van der Waals surface area contributed by atoms with E-state index in [-0.39, 0.29) is 11.7 Å². The van der Waals surface area contributed by atoms with Crippen LogP contribution in [0.25, 0.3) is 17.7 Å². The molecule has 0 fully saturated rings. The number of carbonyl (C=O) groups excluding carboxylic acids is 2. The molecule has 0 aliphatic heterocycles. The molecular formula is C19H17FN2O3. The second-order valence-electron chi connectivity index (χ2n) is 5.12. The summed E-state index contributed by atoms with van der Waals surface area (Å²) in [6, 6.07) is 12.8. The van der Waals surface area contributed by atoms with Gasteiger partial charge < -0.3 is 5.32 Å². The van der Waals surface area contributed by atoms with Gasteiger partial charge in [0.2, 0.25) is 0 Å². The second-order valence-corrected chi connectivity index (χ2v) is 5.12. The van der Waals surface area contributed by atoms with Crippen LogP contribution in [-0.4, -0.2) is 24.1 Å². The maximum Gasteiger partial charge on any atom is 0.267 e. The van der Waals surface area contributed by atoms with Gasteiger partial charge in [-0.1, -0.05) is 36.4 Å². The third-order valence-electron chi connectivity index (χ3n) is 3.41. The zero-order valence-corrected chi connectivity index (χ0v) is 13.5. The maximum absolute atomic E-state index is 13.1. The average Bonchev–Trinajstić information content (AvgIpc) is 2.65. The molecule has 0 atom stereocenters. The molecule has 6 heteroatoms. The van der Waals surface area contributed by atoms with Crippen LogP contribution in [0.1, 0.15) is 16.7 Å². The summed E-state index contributed by atoms with van der Waals surface area (Å²) in [4.78, 5) is 23.1. The summed E-state index contributed by atoms with van der Waals surface area (Å²) < 4.78 is 13.1. The van der Waals surface area contributed by atoms with Gasteiger partial charge in [0.25, 0.3) is 11.8 Å². The van der Waals surface area contributed by atoms with Crippen molar-refractivity contribution in [2.75, 3.05) is 7.05 Å². The molecule has 0 spiro atoms. The van der Waals surface area contributed by atoms with Gasteiger partial charge >= 0.3 is 0 Å². The van der Waals surface area contributed by atoms with Crippen molar-refractivity contribution in [2.45, 2.75) is 0 Å². The third-order valence-corrected chi connectivity index (χ3v) is 3.41. The van der Waals surface area contributed by atoms with Crippen LogP contribution in [0, 0.1) is 5.82 Å². The van der Waals surface area contributed by atoms with E-state index in [1.165, 1.54) is 30.7 Å². The topological polar surface area (TPSA) is 78.4 Å². The first-order chi connectivity index (χ1) is 12.0. The second kappa shape index (κ2) is 8.56. The van der Waals surface area contributed by atoms with Gasteiger partial charge in [0, 0.05) is 18.7 Å². The van der Waals surface area contributed by atoms with Crippen molar-refractivity contribution in [3.05, 3.63) is 77.1 Å². The van der Waals surface area contributed by atoms with Crippen LogP contribution in [0.2, 0.25) is 0 Å². The number of amides is 2. The number of halogens is 1. The lowest BCUT2D eigenvalue weighted by Crippen LogP contribution is -2.19. The van der Waals surface area contributed by atoms with Gasteiger partial charge in [-0.25, -0.2) is 9.87 Å². The molecule has 0 saturated carbocycles. The number of hydrogen-bond acceptors (Lipinski definition) is 3. The monoisotopic (exact) mass is 340 g/mol. The molecule has 5 nitrogen and oxygen atoms in total. The Morgan fingerprint density at radius 3 is 2.16 bits per heavy atom. The Morgan fingerprint density at radius 1 is 1.00 bits per heavy atom. The Kier molecular flexibility index (Phi) is 6.20. The maximum atomic E-state index is 13.1. The summed E-state index contributed by atoms with van der Waals surface area (Å²) in [5.41, 5.74) is 4.04. The molecule has 0 heterocycles. The standard InChI is InChI=1S/C19H17FN2O3/c1-21-19(24)17(15-7-9-16(20)10-8-15)12-14-4-2-13(3-5-14)6-11-18(23)22-25/h2-12,25H,1H3,(H,21,24)(H,22,23). The molecular weight excluding hydrogens is 323 g/mol. The van der Waals surface area contributed by atoms with E-state index in [2.05, 4.69) is 5.32 Å². The molecule has 2 rings (SSSR count). The van der Waals surface area contributed by atoms with Crippen molar-refractivity contribution >= 4 is 29.5 Å². The summed E-state index contributed by atoms with van der Waals surface area (Å²) in [6.07, 6.45) is 4.43. The first-order valence-electron chi connectivity index (χ1n) is 7.45. The Balaban J connectivity index is 2.30. The summed E-state index contributed by atoms with van der Waals surface area (Å²) in [7, 11) is 1.53. The lowest BCUT2D eigenvalue weighted by atomic mass is 10.0. The van der Waals surface area contributed by atoms with Crippen LogP contribution in [0.3, 0.4) is 0 Å². The highest BCUT2D eigenvalue weighted by molar-refractivity contribution is 6.24. The number of hydrogen-bond donors (Lipinski definition) is 3. The molecule has 2 amide bonds. The van der Waals surface area contributed by atoms with E-state index < -0.39 is 5.91 Å². The van der Waals surface area contributed by atoms with Crippen LogP contribution in [-0.2, 0) is 9.59 Å². The minimum Gasteiger partial charge on any atom is -0.355 e. The first-order valence-corrected chi connectivity index (χ1v) is 7.45. The molecule has 0 aromatic heterocycles.